The highest BCUT2D eigenvalue weighted by Crippen LogP contribution is 2.36. The number of nitrogens with one attached hydrogen (secondary N) is 1. The summed E-state index contributed by atoms with van der Waals surface area (Å²) >= 11 is 0. The van der Waals surface area contributed by atoms with Crippen LogP contribution in [0.4, 0.5) is 0 Å². The minimum Gasteiger partial charge on any atom is -0.477 e. The lowest BCUT2D eigenvalue weighted by atomic mass is 9.96. The third-order valence-corrected chi connectivity index (χ3v) is 8.71. The van der Waals surface area contributed by atoms with Crippen LogP contribution in [-0.4, -0.2) is 59.2 Å². The molecular weight excluding hydrogens is 576 g/mol. The molecule has 0 saturated carbocycles. The van der Waals surface area contributed by atoms with Crippen LogP contribution in [0.5, 0.6) is 0 Å². The number of carbonyl (C=O) groups excluding carboxylic acids is 3. The molecule has 2 amide bonds. The van der Waals surface area contributed by atoms with Crippen molar-refractivity contribution in [3.05, 3.63) is 124 Å². The fraction of sp³-hybridized carbons (Fsp3) is 0.167. The average Bonchev–Trinajstić information content (AvgIpc) is 3.01. The molecule has 5 rings (SSSR count). The van der Waals surface area contributed by atoms with E-state index in [1.807, 2.05) is 12.1 Å². The van der Waals surface area contributed by atoms with Crippen LogP contribution < -0.4 is 5.32 Å². The molecule has 12 nitrogen and oxygen atoms in total. The molecule has 1 fully saturated rings. The third-order valence-electron chi connectivity index (χ3n) is 7.02. The standard InChI is InChI=1S/C30H24N4O8S/c1-17-23(29(37)38)34-27(36)22(28(34)43(40)26(17)33-31)32-25(35)21(18-11-5-2-6-12-18)30(39)42-41-24(19-13-7-3-8-14-19)20-15-9-4-10-16-20/h2-16,21-22,24,28H,1H3,(H,32,35)(H,37,38)/t21?,22?,28-,43-/m0/s1. The number of benzene rings is 3. The topological polar surface area (TPSA) is 176 Å². The maximum absolute atomic E-state index is 13.6. The summed E-state index contributed by atoms with van der Waals surface area (Å²) in [5.74, 6) is -6.04. The fourth-order valence-corrected chi connectivity index (χ4v) is 6.50. The van der Waals surface area contributed by atoms with Crippen LogP contribution in [0.15, 0.2) is 102 Å². The van der Waals surface area contributed by atoms with E-state index in [1.165, 1.54) is 19.1 Å². The van der Waals surface area contributed by atoms with Gasteiger partial charge in [0.2, 0.25) is 5.91 Å². The van der Waals surface area contributed by atoms with E-state index in [0.717, 1.165) is 4.90 Å². The minimum atomic E-state index is -2.19. The summed E-state index contributed by atoms with van der Waals surface area (Å²) in [6.45, 7) is 1.26. The quantitative estimate of drug-likeness (QED) is 0.0940. The van der Waals surface area contributed by atoms with Crippen molar-refractivity contribution in [2.45, 2.75) is 30.4 Å². The highest BCUT2D eigenvalue weighted by molar-refractivity contribution is 8.01. The van der Waals surface area contributed by atoms with E-state index in [2.05, 4.69) is 10.1 Å². The van der Waals surface area contributed by atoms with Crippen LogP contribution in [-0.2, 0) is 39.8 Å². The van der Waals surface area contributed by atoms with Crippen LogP contribution in [0, 0.1) is 0 Å². The van der Waals surface area contributed by atoms with E-state index in [4.69, 9.17) is 9.78 Å². The number of aliphatic carboxylic acids is 1. The third kappa shape index (κ3) is 5.52. The summed E-state index contributed by atoms with van der Waals surface area (Å²) in [6, 6.07) is 24.4. The number of nitrogens with zero attached hydrogens (tertiary/aromatic N) is 3. The van der Waals surface area contributed by atoms with E-state index >= 15 is 0 Å². The fourth-order valence-electron chi connectivity index (χ4n) is 4.96. The zero-order chi connectivity index (χ0) is 30.7. The van der Waals surface area contributed by atoms with Crippen molar-refractivity contribution < 1.29 is 43.1 Å². The number of amides is 2. The van der Waals surface area contributed by atoms with Crippen molar-refractivity contribution in [3.8, 4) is 0 Å². The van der Waals surface area contributed by atoms with Crippen molar-refractivity contribution >= 4 is 39.6 Å². The Labute approximate surface area is 247 Å². The summed E-state index contributed by atoms with van der Waals surface area (Å²) in [6.07, 6.45) is -0.821. The summed E-state index contributed by atoms with van der Waals surface area (Å²) in [4.78, 5) is 66.5. The predicted molar refractivity (Wildman–Crippen MR) is 151 cm³/mol. The maximum atomic E-state index is 13.6. The second-order valence-corrected chi connectivity index (χ2v) is 11.1. The molecule has 2 unspecified atom stereocenters. The van der Waals surface area contributed by atoms with Gasteiger partial charge in [-0.05, 0) is 23.6 Å². The number of fused-ring (bicyclic) bond motifs is 1. The molecule has 0 bridgehead atoms. The molecule has 2 aliphatic rings. The maximum Gasteiger partial charge on any atom is 0.386 e. The zero-order valence-electron chi connectivity index (χ0n) is 22.5. The Morgan fingerprint density at radius 2 is 1.44 bits per heavy atom. The highest BCUT2D eigenvalue weighted by Gasteiger charge is 2.61. The van der Waals surface area contributed by atoms with Crippen LogP contribution in [0.2, 0.25) is 0 Å². The molecule has 2 N–H and O–H groups in total. The molecule has 2 heterocycles. The molecule has 3 aromatic carbocycles. The van der Waals surface area contributed by atoms with Gasteiger partial charge in [-0.15, -0.1) is 0 Å². The molecule has 13 heteroatoms. The van der Waals surface area contributed by atoms with Crippen molar-refractivity contribution in [1.82, 2.24) is 10.2 Å². The largest absolute Gasteiger partial charge is 0.477 e. The van der Waals surface area contributed by atoms with Crippen LogP contribution >= 0.6 is 0 Å². The zero-order valence-corrected chi connectivity index (χ0v) is 23.3. The molecular formula is C30H24N4O8S. The Morgan fingerprint density at radius 1 is 0.930 bits per heavy atom. The van der Waals surface area contributed by atoms with Crippen LogP contribution in [0.25, 0.3) is 5.53 Å². The lowest BCUT2D eigenvalue weighted by Crippen LogP contribution is -2.74. The first-order valence-electron chi connectivity index (χ1n) is 13.0. The lowest BCUT2D eigenvalue weighted by molar-refractivity contribution is -0.293. The van der Waals surface area contributed by atoms with Gasteiger partial charge in [-0.2, -0.15) is 9.68 Å². The number of carbonyl (C=O) groups is 4. The molecule has 4 atom stereocenters. The Kier molecular flexibility index (Phi) is 8.39. The summed E-state index contributed by atoms with van der Waals surface area (Å²) in [7, 11) is -2.19. The highest BCUT2D eigenvalue weighted by atomic mass is 32.2. The van der Waals surface area contributed by atoms with Crippen molar-refractivity contribution in [2.24, 2.45) is 0 Å². The molecule has 3 aromatic rings. The number of β-lactam (4-membered cyclic amide) rings is 1. The first-order valence-corrected chi connectivity index (χ1v) is 14.2. The minimum absolute atomic E-state index is 0.156. The first-order chi connectivity index (χ1) is 20.7. The van der Waals surface area contributed by atoms with Gasteiger partial charge in [-0.3, -0.25) is 19.4 Å². The summed E-state index contributed by atoms with van der Waals surface area (Å²) in [5, 5.41) is 10.2. The lowest BCUT2D eigenvalue weighted by Gasteiger charge is -2.47. The van der Waals surface area contributed by atoms with Crippen LogP contribution in [0.1, 0.15) is 35.6 Å². The molecule has 0 spiro atoms. The monoisotopic (exact) mass is 600 g/mol. The van der Waals surface area contributed by atoms with E-state index in [0.29, 0.717) is 11.1 Å². The van der Waals surface area contributed by atoms with Gasteiger partial charge in [0.15, 0.2) is 28.2 Å². The Balaban J connectivity index is 1.40. The summed E-state index contributed by atoms with van der Waals surface area (Å²) < 4.78 is 13.1. The molecule has 0 radical (unpaired) electrons. The Bertz CT molecular complexity index is 1650. The van der Waals surface area contributed by atoms with Gasteiger partial charge in [0.1, 0.15) is 11.7 Å². The Hall–Kier alpha value is -5.23. The van der Waals surface area contributed by atoms with Gasteiger partial charge in [-0.25, -0.2) is 13.8 Å². The molecule has 2 aliphatic heterocycles. The second kappa shape index (κ2) is 12.3. The van der Waals surface area contributed by atoms with Gasteiger partial charge in [0, 0.05) is 0 Å². The smallest absolute Gasteiger partial charge is 0.386 e. The van der Waals surface area contributed by atoms with E-state index in [1.54, 1.807) is 66.7 Å². The second-order valence-electron chi connectivity index (χ2n) is 9.61. The molecule has 43 heavy (non-hydrogen) atoms. The van der Waals surface area contributed by atoms with Crippen LogP contribution in [0.3, 0.4) is 0 Å². The number of carboxylic acid groups (broad SMARTS) is 1. The normalized spacial score (nSPS) is 20.0. The molecule has 0 aliphatic carbocycles. The molecule has 0 aromatic heterocycles. The van der Waals surface area contributed by atoms with Gasteiger partial charge in [-0.1, -0.05) is 91.0 Å². The summed E-state index contributed by atoms with van der Waals surface area (Å²) in [5.41, 5.74) is 10.3. The Morgan fingerprint density at radius 3 is 1.93 bits per heavy atom. The van der Waals surface area contributed by atoms with E-state index < -0.39 is 68.7 Å². The predicted octanol–water partition coefficient (Wildman–Crippen LogP) is 2.44. The molecule has 218 valence electrons. The van der Waals surface area contributed by atoms with Gasteiger partial charge < -0.3 is 16.0 Å². The number of rotatable bonds is 9. The molecule has 1 saturated heterocycles. The number of hydrogen-bond acceptors (Lipinski definition) is 7. The van der Waals surface area contributed by atoms with Gasteiger partial charge >= 0.3 is 17.0 Å². The van der Waals surface area contributed by atoms with Crippen molar-refractivity contribution in [1.29, 1.82) is 0 Å². The van der Waals surface area contributed by atoms with E-state index in [9.17, 15) is 34.0 Å². The van der Waals surface area contributed by atoms with Crippen molar-refractivity contribution in [3.63, 3.8) is 0 Å². The number of carboxylic acids is 1. The SMILES string of the molecule is CC1=C(C(=O)O)N2C(=O)C(NC(=O)C(C(=O)OOC(c3ccccc3)c3ccccc3)c3ccccc3)[C@@H]2[S@@](=O)C1=[N+]=[N-]. The first kappa shape index (κ1) is 29.3. The van der Waals surface area contributed by atoms with Gasteiger partial charge in [0.25, 0.3) is 5.91 Å². The number of hydrogen-bond donors (Lipinski definition) is 2. The van der Waals surface area contributed by atoms with E-state index in [-0.39, 0.29) is 11.1 Å². The van der Waals surface area contributed by atoms with Crippen molar-refractivity contribution in [2.75, 3.05) is 0 Å². The van der Waals surface area contributed by atoms with Gasteiger partial charge in [0.05, 0.1) is 5.57 Å². The average molecular weight is 601 g/mol.